The average molecular weight is 271 g/mol. The second-order valence-corrected chi connectivity index (χ2v) is 4.69. The molecular weight excluding hydrogens is 250 g/mol. The van der Waals surface area contributed by atoms with Crippen molar-refractivity contribution in [2.75, 3.05) is 7.05 Å². The second kappa shape index (κ2) is 7.08. The van der Waals surface area contributed by atoms with Crippen LogP contribution in [0, 0.1) is 0 Å². The van der Waals surface area contributed by atoms with Crippen molar-refractivity contribution >= 4 is 0 Å². The van der Waals surface area contributed by atoms with Crippen molar-refractivity contribution in [3.05, 3.63) is 59.7 Å². The fourth-order valence-corrected chi connectivity index (χ4v) is 2.24. The van der Waals surface area contributed by atoms with Gasteiger partial charge in [0.25, 0.3) is 0 Å². The van der Waals surface area contributed by atoms with E-state index in [2.05, 4.69) is 24.4 Å². The maximum atomic E-state index is 9.29. The van der Waals surface area contributed by atoms with Gasteiger partial charge in [-0.15, -0.1) is 0 Å². The lowest BCUT2D eigenvalue weighted by Gasteiger charge is -2.15. The van der Waals surface area contributed by atoms with Crippen molar-refractivity contribution in [2.24, 2.45) is 0 Å². The van der Waals surface area contributed by atoms with E-state index in [1.54, 1.807) is 0 Å². The molecule has 0 radical (unpaired) electrons. The summed E-state index contributed by atoms with van der Waals surface area (Å²) in [5.74, 6) is 1.48. The van der Waals surface area contributed by atoms with Gasteiger partial charge >= 0.3 is 0 Å². The highest BCUT2D eigenvalue weighted by Gasteiger charge is 2.07. The molecular formula is C17H21NO2. The zero-order valence-electron chi connectivity index (χ0n) is 12.0. The van der Waals surface area contributed by atoms with Crippen molar-refractivity contribution in [3.8, 4) is 11.5 Å². The summed E-state index contributed by atoms with van der Waals surface area (Å²) in [5, 5.41) is 12.6. The maximum absolute atomic E-state index is 9.29. The Morgan fingerprint density at radius 2 is 1.80 bits per heavy atom. The number of benzene rings is 2. The molecule has 1 unspecified atom stereocenters. The molecule has 0 aliphatic heterocycles. The number of rotatable bonds is 6. The van der Waals surface area contributed by atoms with Crippen molar-refractivity contribution < 1.29 is 9.84 Å². The first-order chi connectivity index (χ1) is 9.78. The van der Waals surface area contributed by atoms with E-state index in [1.165, 1.54) is 5.56 Å². The van der Waals surface area contributed by atoms with Crippen LogP contribution in [0.2, 0.25) is 0 Å². The monoisotopic (exact) mass is 271 g/mol. The van der Waals surface area contributed by atoms with Crippen LogP contribution in [0.4, 0.5) is 0 Å². The Hall–Kier alpha value is -1.84. The number of aliphatic hydroxyl groups is 1. The Labute approximate surface area is 120 Å². The van der Waals surface area contributed by atoms with Gasteiger partial charge in [0, 0.05) is 11.6 Å². The molecule has 2 rings (SSSR count). The van der Waals surface area contributed by atoms with Crippen LogP contribution in [0.3, 0.4) is 0 Å². The van der Waals surface area contributed by atoms with E-state index in [1.807, 2.05) is 43.4 Å². The van der Waals surface area contributed by atoms with E-state index in [-0.39, 0.29) is 6.61 Å². The average Bonchev–Trinajstić information content (AvgIpc) is 2.51. The highest BCUT2D eigenvalue weighted by Crippen LogP contribution is 2.27. The molecule has 1 atom stereocenters. The van der Waals surface area contributed by atoms with E-state index < -0.39 is 0 Å². The summed E-state index contributed by atoms with van der Waals surface area (Å²) in [4.78, 5) is 0. The molecule has 3 nitrogen and oxygen atoms in total. The summed E-state index contributed by atoms with van der Waals surface area (Å²) in [6.07, 6.45) is 1.05. The van der Waals surface area contributed by atoms with Gasteiger partial charge in [-0.2, -0.15) is 0 Å². The Bertz CT molecular complexity index is 533. The molecule has 0 aliphatic carbocycles. The van der Waals surface area contributed by atoms with Gasteiger partial charge < -0.3 is 15.2 Å². The summed E-state index contributed by atoms with van der Waals surface area (Å²) in [6, 6.07) is 15.9. The topological polar surface area (TPSA) is 41.5 Å². The summed E-state index contributed by atoms with van der Waals surface area (Å²) in [7, 11) is 1.97. The minimum absolute atomic E-state index is 0.0219. The van der Waals surface area contributed by atoms with Gasteiger partial charge in [-0.1, -0.05) is 37.3 Å². The molecule has 2 N–H and O–H groups in total. The molecule has 0 aliphatic rings. The molecule has 0 heterocycles. The van der Waals surface area contributed by atoms with Crippen LogP contribution in [0.5, 0.6) is 11.5 Å². The third-order valence-corrected chi connectivity index (χ3v) is 3.41. The molecule has 0 bridgehead atoms. The smallest absolute Gasteiger partial charge is 0.132 e. The van der Waals surface area contributed by atoms with Gasteiger partial charge in [-0.25, -0.2) is 0 Å². The van der Waals surface area contributed by atoms with Gasteiger partial charge in [0.2, 0.25) is 0 Å². The third-order valence-electron chi connectivity index (χ3n) is 3.41. The summed E-state index contributed by atoms with van der Waals surface area (Å²) in [5.41, 5.74) is 2.04. The molecule has 20 heavy (non-hydrogen) atoms. The molecule has 106 valence electrons. The quantitative estimate of drug-likeness (QED) is 0.842. The first kappa shape index (κ1) is 14.6. The zero-order chi connectivity index (χ0) is 14.4. The van der Waals surface area contributed by atoms with Crippen molar-refractivity contribution in [1.82, 2.24) is 5.32 Å². The molecule has 3 heteroatoms. The van der Waals surface area contributed by atoms with Crippen LogP contribution in [0.15, 0.2) is 48.5 Å². The highest BCUT2D eigenvalue weighted by molar-refractivity contribution is 5.38. The number of hydrogen-bond donors (Lipinski definition) is 2. The fourth-order valence-electron chi connectivity index (χ4n) is 2.24. The lowest BCUT2D eigenvalue weighted by Crippen LogP contribution is -2.14. The molecule has 0 amide bonds. The molecule has 0 fully saturated rings. The Balaban J connectivity index is 2.14. The molecule has 0 saturated carbocycles. The van der Waals surface area contributed by atoms with Gasteiger partial charge in [0.1, 0.15) is 11.5 Å². The summed E-state index contributed by atoms with van der Waals surface area (Å²) in [6.45, 7) is 2.13. The lowest BCUT2D eigenvalue weighted by atomic mass is 10.0. The van der Waals surface area contributed by atoms with Crippen LogP contribution in [0.1, 0.15) is 30.5 Å². The SMILES string of the molecule is CCC(NC)c1ccc(Oc2ccccc2CO)cc1. The highest BCUT2D eigenvalue weighted by atomic mass is 16.5. The van der Waals surface area contributed by atoms with E-state index in [0.717, 1.165) is 17.7 Å². The minimum Gasteiger partial charge on any atom is -0.457 e. The first-order valence-electron chi connectivity index (χ1n) is 6.92. The Kier molecular flexibility index (Phi) is 5.16. The number of hydrogen-bond acceptors (Lipinski definition) is 3. The predicted molar refractivity (Wildman–Crippen MR) is 81.0 cm³/mol. The van der Waals surface area contributed by atoms with E-state index in [0.29, 0.717) is 11.8 Å². The zero-order valence-corrected chi connectivity index (χ0v) is 12.0. The van der Waals surface area contributed by atoms with Gasteiger partial charge in [0.15, 0.2) is 0 Å². The number of aliphatic hydroxyl groups excluding tert-OH is 1. The van der Waals surface area contributed by atoms with Gasteiger partial charge in [-0.05, 0) is 37.2 Å². The van der Waals surface area contributed by atoms with Crippen molar-refractivity contribution in [3.63, 3.8) is 0 Å². The van der Waals surface area contributed by atoms with Crippen LogP contribution >= 0.6 is 0 Å². The maximum Gasteiger partial charge on any atom is 0.132 e. The minimum atomic E-state index is -0.0219. The summed E-state index contributed by atoms with van der Waals surface area (Å²) < 4.78 is 5.82. The normalized spacial score (nSPS) is 12.2. The van der Waals surface area contributed by atoms with E-state index in [9.17, 15) is 5.11 Å². The Morgan fingerprint density at radius 1 is 1.10 bits per heavy atom. The summed E-state index contributed by atoms with van der Waals surface area (Å²) >= 11 is 0. The number of ether oxygens (including phenoxy) is 1. The standard InChI is InChI=1S/C17H21NO2/c1-3-16(18-2)13-8-10-15(11-9-13)20-17-7-5-4-6-14(17)12-19/h4-11,16,18-19H,3,12H2,1-2H3. The molecule has 0 spiro atoms. The van der Waals surface area contributed by atoms with Gasteiger partial charge in [0.05, 0.1) is 6.61 Å². The molecule has 2 aromatic rings. The molecule has 2 aromatic carbocycles. The van der Waals surface area contributed by atoms with E-state index in [4.69, 9.17) is 4.74 Å². The van der Waals surface area contributed by atoms with Crippen LogP contribution < -0.4 is 10.1 Å². The number of nitrogens with one attached hydrogen (secondary N) is 1. The number of para-hydroxylation sites is 1. The second-order valence-electron chi connectivity index (χ2n) is 4.69. The van der Waals surface area contributed by atoms with Crippen molar-refractivity contribution in [2.45, 2.75) is 26.0 Å². The van der Waals surface area contributed by atoms with Gasteiger partial charge in [-0.3, -0.25) is 0 Å². The van der Waals surface area contributed by atoms with Crippen molar-refractivity contribution in [1.29, 1.82) is 0 Å². The predicted octanol–water partition coefficient (Wildman–Crippen LogP) is 3.64. The molecule has 0 saturated heterocycles. The fraction of sp³-hybridized carbons (Fsp3) is 0.294. The van der Waals surface area contributed by atoms with Crippen LogP contribution in [-0.2, 0) is 6.61 Å². The van der Waals surface area contributed by atoms with Crippen LogP contribution in [-0.4, -0.2) is 12.2 Å². The molecule has 0 aromatic heterocycles. The lowest BCUT2D eigenvalue weighted by molar-refractivity contribution is 0.276. The first-order valence-corrected chi connectivity index (χ1v) is 6.92. The largest absolute Gasteiger partial charge is 0.457 e. The Morgan fingerprint density at radius 3 is 2.40 bits per heavy atom. The van der Waals surface area contributed by atoms with Crippen LogP contribution in [0.25, 0.3) is 0 Å². The third kappa shape index (κ3) is 3.38. The van der Waals surface area contributed by atoms with E-state index >= 15 is 0 Å².